The van der Waals surface area contributed by atoms with Crippen molar-refractivity contribution in [3.05, 3.63) is 82.5 Å². The van der Waals surface area contributed by atoms with Crippen LogP contribution in [0.15, 0.2) is 66.3 Å². The number of halogens is 2. The molecular weight excluding hydrogens is 493 g/mol. The lowest BCUT2D eigenvalue weighted by molar-refractivity contribution is -0.0465. The molecule has 2 N–H and O–H groups in total. The molecule has 0 saturated carbocycles. The average molecular weight is 522 g/mol. The Kier molecular flexibility index (Phi) is 7.38. The number of benzene rings is 2. The molecule has 1 aromatic heterocycles. The number of unbranched alkanes of at least 4 members (excludes halogenated alkanes) is 1. The van der Waals surface area contributed by atoms with Crippen LogP contribution < -0.4 is 0 Å². The number of aromatic nitrogens is 2. The number of allylic oxidation sites excluding steroid dienone is 3. The first-order valence-electron chi connectivity index (χ1n) is 12.6. The van der Waals surface area contributed by atoms with Gasteiger partial charge in [0.05, 0.1) is 35.5 Å². The van der Waals surface area contributed by atoms with E-state index < -0.39 is 12.0 Å². The standard InChI is InChI=1S/C29H29ClFN3O3/c30-22-13-10-19(11-14-22)27-24(8-4-5-9-26(35)36)32-25-16-20(12-15-23(25)33-27)28(37)34-17-29(31,18-34)21-6-2-1-3-7-21/h2,6-7,10-16,26,35-36H,1,3-5,8-9,17-18H2. The first kappa shape index (κ1) is 25.5. The van der Waals surface area contributed by atoms with Gasteiger partial charge in [0.15, 0.2) is 12.0 Å². The number of carbonyl (C=O) groups is 1. The molecular formula is C29H29ClFN3O3. The van der Waals surface area contributed by atoms with Gasteiger partial charge in [-0.1, -0.05) is 42.0 Å². The van der Waals surface area contributed by atoms with Crippen molar-refractivity contribution >= 4 is 28.5 Å². The Hall–Kier alpha value is -3.13. The molecule has 0 spiro atoms. The molecule has 37 heavy (non-hydrogen) atoms. The highest BCUT2D eigenvalue weighted by Crippen LogP contribution is 2.36. The summed E-state index contributed by atoms with van der Waals surface area (Å²) in [7, 11) is 0. The van der Waals surface area contributed by atoms with E-state index in [9.17, 15) is 4.79 Å². The Balaban J connectivity index is 1.39. The van der Waals surface area contributed by atoms with E-state index in [4.69, 9.17) is 31.8 Å². The van der Waals surface area contributed by atoms with Gasteiger partial charge in [-0.05, 0) is 74.4 Å². The van der Waals surface area contributed by atoms with Gasteiger partial charge in [-0.2, -0.15) is 0 Å². The third-order valence-electron chi connectivity index (χ3n) is 6.91. The van der Waals surface area contributed by atoms with Gasteiger partial charge in [0.25, 0.3) is 5.91 Å². The van der Waals surface area contributed by atoms with E-state index in [1.54, 1.807) is 30.3 Å². The van der Waals surface area contributed by atoms with Crippen LogP contribution in [0.3, 0.4) is 0 Å². The van der Waals surface area contributed by atoms with E-state index in [2.05, 4.69) is 0 Å². The fourth-order valence-corrected chi connectivity index (χ4v) is 5.00. The van der Waals surface area contributed by atoms with E-state index in [0.29, 0.717) is 46.5 Å². The first-order chi connectivity index (χ1) is 17.8. The second kappa shape index (κ2) is 10.7. The van der Waals surface area contributed by atoms with Crippen LogP contribution in [0.2, 0.25) is 5.02 Å². The second-order valence-electron chi connectivity index (χ2n) is 9.72. The Morgan fingerprint density at radius 2 is 1.84 bits per heavy atom. The lowest BCUT2D eigenvalue weighted by atomic mass is 9.84. The van der Waals surface area contributed by atoms with Crippen LogP contribution in [0, 0.1) is 0 Å². The first-order valence-corrected chi connectivity index (χ1v) is 13.0. The van der Waals surface area contributed by atoms with Crippen molar-refractivity contribution in [2.45, 2.75) is 50.5 Å². The SMILES string of the molecule is O=C(c1ccc2nc(-c3ccc(Cl)cc3)c(CCCCC(O)O)nc2c1)N1CC(F)(C2=CCCC=C2)C1. The summed E-state index contributed by atoms with van der Waals surface area (Å²) < 4.78 is 15.3. The van der Waals surface area contributed by atoms with Crippen molar-refractivity contribution < 1.29 is 19.4 Å². The van der Waals surface area contributed by atoms with E-state index in [1.165, 1.54) is 4.90 Å². The molecule has 5 rings (SSSR count). The molecule has 8 heteroatoms. The number of aryl methyl sites for hydroxylation is 1. The number of alkyl halides is 1. The largest absolute Gasteiger partial charge is 0.368 e. The maximum atomic E-state index is 15.3. The predicted octanol–water partition coefficient (Wildman–Crippen LogP) is 5.41. The highest BCUT2D eigenvalue weighted by molar-refractivity contribution is 6.30. The average Bonchev–Trinajstić information content (AvgIpc) is 2.89. The molecule has 1 aliphatic carbocycles. The van der Waals surface area contributed by atoms with E-state index >= 15 is 4.39 Å². The quantitative estimate of drug-likeness (QED) is 0.305. The Morgan fingerprint density at radius 3 is 2.54 bits per heavy atom. The minimum atomic E-state index is -1.48. The molecule has 2 aliphatic rings. The number of aliphatic hydroxyl groups is 2. The zero-order valence-corrected chi connectivity index (χ0v) is 21.2. The third kappa shape index (κ3) is 5.59. The minimum Gasteiger partial charge on any atom is -0.368 e. The number of fused-ring (bicyclic) bond motifs is 1. The molecule has 1 aliphatic heterocycles. The number of rotatable bonds is 8. The fraction of sp³-hybridized carbons (Fsp3) is 0.345. The van der Waals surface area contributed by atoms with Gasteiger partial charge in [0.1, 0.15) is 0 Å². The molecule has 0 unspecified atom stereocenters. The maximum Gasteiger partial charge on any atom is 0.254 e. The van der Waals surface area contributed by atoms with Crippen molar-refractivity contribution in [2.24, 2.45) is 0 Å². The van der Waals surface area contributed by atoms with Crippen LogP contribution in [-0.2, 0) is 6.42 Å². The summed E-state index contributed by atoms with van der Waals surface area (Å²) in [4.78, 5) is 24.4. The van der Waals surface area contributed by atoms with Gasteiger partial charge in [-0.15, -0.1) is 0 Å². The van der Waals surface area contributed by atoms with Crippen LogP contribution >= 0.6 is 11.6 Å². The van der Waals surface area contributed by atoms with Crippen LogP contribution in [0.1, 0.15) is 48.2 Å². The molecule has 0 bridgehead atoms. The van der Waals surface area contributed by atoms with Crippen molar-refractivity contribution in [1.29, 1.82) is 0 Å². The van der Waals surface area contributed by atoms with Gasteiger partial charge >= 0.3 is 0 Å². The van der Waals surface area contributed by atoms with Gasteiger partial charge < -0.3 is 15.1 Å². The molecule has 1 saturated heterocycles. The van der Waals surface area contributed by atoms with E-state index in [0.717, 1.165) is 29.8 Å². The maximum absolute atomic E-state index is 15.3. The molecule has 1 amide bonds. The Labute approximate surface area is 220 Å². The van der Waals surface area contributed by atoms with Gasteiger partial charge in [-0.3, -0.25) is 4.79 Å². The number of nitrogens with zero attached hydrogens (tertiary/aromatic N) is 3. The molecule has 0 radical (unpaired) electrons. The van der Waals surface area contributed by atoms with Crippen molar-refractivity contribution in [3.8, 4) is 11.3 Å². The van der Waals surface area contributed by atoms with E-state index in [-0.39, 0.29) is 25.4 Å². The third-order valence-corrected chi connectivity index (χ3v) is 7.16. The number of hydrogen-bond donors (Lipinski definition) is 2. The fourth-order valence-electron chi connectivity index (χ4n) is 4.87. The normalized spacial score (nSPS) is 16.7. The highest BCUT2D eigenvalue weighted by Gasteiger charge is 2.48. The zero-order valence-electron chi connectivity index (χ0n) is 20.4. The Morgan fingerprint density at radius 1 is 1.05 bits per heavy atom. The van der Waals surface area contributed by atoms with Crippen molar-refractivity contribution in [3.63, 3.8) is 0 Å². The van der Waals surface area contributed by atoms with Crippen LogP contribution in [0.4, 0.5) is 4.39 Å². The van der Waals surface area contributed by atoms with Crippen LogP contribution in [0.5, 0.6) is 0 Å². The van der Waals surface area contributed by atoms with Gasteiger partial charge in [0.2, 0.25) is 0 Å². The highest BCUT2D eigenvalue weighted by atomic mass is 35.5. The lowest BCUT2D eigenvalue weighted by Crippen LogP contribution is -2.61. The van der Waals surface area contributed by atoms with Gasteiger partial charge in [-0.25, -0.2) is 14.4 Å². The van der Waals surface area contributed by atoms with Crippen LogP contribution in [0.25, 0.3) is 22.3 Å². The molecule has 1 fully saturated rings. The van der Waals surface area contributed by atoms with Crippen molar-refractivity contribution in [1.82, 2.24) is 14.9 Å². The van der Waals surface area contributed by atoms with Crippen LogP contribution in [-0.4, -0.2) is 56.0 Å². The van der Waals surface area contributed by atoms with Gasteiger partial charge in [0, 0.05) is 16.1 Å². The molecule has 2 heterocycles. The molecule has 3 aromatic rings. The summed E-state index contributed by atoms with van der Waals surface area (Å²) in [5, 5.41) is 18.9. The lowest BCUT2D eigenvalue weighted by Gasteiger charge is -2.45. The summed E-state index contributed by atoms with van der Waals surface area (Å²) in [5.41, 5.74) is 3.24. The van der Waals surface area contributed by atoms with E-state index in [1.807, 2.05) is 30.4 Å². The number of hydrogen-bond acceptors (Lipinski definition) is 5. The van der Waals surface area contributed by atoms with Crippen molar-refractivity contribution in [2.75, 3.05) is 13.1 Å². The smallest absolute Gasteiger partial charge is 0.254 e. The topological polar surface area (TPSA) is 86.5 Å². The summed E-state index contributed by atoms with van der Waals surface area (Å²) >= 11 is 6.07. The number of likely N-dealkylation sites (tertiary alicyclic amines) is 1. The monoisotopic (exact) mass is 521 g/mol. The predicted molar refractivity (Wildman–Crippen MR) is 142 cm³/mol. The minimum absolute atomic E-state index is 0.0448. The summed E-state index contributed by atoms with van der Waals surface area (Å²) in [6, 6.07) is 12.6. The number of aliphatic hydroxyl groups excluding tert-OH is 1. The summed E-state index contributed by atoms with van der Waals surface area (Å²) in [6.45, 7) is 0.0897. The number of carbonyl (C=O) groups excluding carboxylic acids is 1. The Bertz CT molecular complexity index is 1360. The molecule has 0 atom stereocenters. The zero-order chi connectivity index (χ0) is 26.0. The summed E-state index contributed by atoms with van der Waals surface area (Å²) in [6.07, 6.45) is 8.36. The number of amides is 1. The molecule has 6 nitrogen and oxygen atoms in total. The molecule has 192 valence electrons. The second-order valence-corrected chi connectivity index (χ2v) is 10.2. The molecule has 2 aromatic carbocycles. The summed E-state index contributed by atoms with van der Waals surface area (Å²) in [5.74, 6) is -0.224.